The van der Waals surface area contributed by atoms with Crippen LogP contribution in [0, 0.1) is 0 Å². The van der Waals surface area contributed by atoms with E-state index >= 15 is 0 Å². The first-order chi connectivity index (χ1) is 35.7. The van der Waals surface area contributed by atoms with Crippen molar-refractivity contribution in [2.45, 2.75) is 0 Å². The van der Waals surface area contributed by atoms with Crippen LogP contribution in [0.5, 0.6) is 0 Å². The van der Waals surface area contributed by atoms with E-state index in [1.165, 1.54) is 87.6 Å². The second kappa shape index (κ2) is 18.4. The lowest BCUT2D eigenvalue weighted by Gasteiger charge is -2.28. The lowest BCUT2D eigenvalue weighted by molar-refractivity contribution is 1.29. The summed E-state index contributed by atoms with van der Waals surface area (Å²) in [5, 5.41) is 9.58. The third kappa shape index (κ3) is 7.92. The van der Waals surface area contributed by atoms with Crippen LogP contribution in [0.25, 0.3) is 87.6 Å². The summed E-state index contributed by atoms with van der Waals surface area (Å²) >= 11 is 0. The molecule has 13 rings (SSSR count). The smallest absolute Gasteiger partial charge is 0.0468 e. The van der Waals surface area contributed by atoms with E-state index in [-0.39, 0.29) is 0 Å². The van der Waals surface area contributed by atoms with Gasteiger partial charge in [0.15, 0.2) is 0 Å². The molecule has 0 fully saturated rings. The van der Waals surface area contributed by atoms with E-state index in [1.54, 1.807) is 0 Å². The quantitative estimate of drug-likeness (QED) is 0.126. The third-order valence-corrected chi connectivity index (χ3v) is 14.2. The summed E-state index contributed by atoms with van der Waals surface area (Å²) in [7, 11) is 0. The Labute approximate surface area is 420 Å². The van der Waals surface area contributed by atoms with Crippen LogP contribution in [0.3, 0.4) is 0 Å². The first kappa shape index (κ1) is 42.6. The average molecular weight is 917 g/mol. The van der Waals surface area contributed by atoms with E-state index in [0.29, 0.717) is 0 Å². The highest BCUT2D eigenvalue weighted by atomic mass is 15.1. The maximum Gasteiger partial charge on any atom is 0.0468 e. The molecule has 0 saturated heterocycles. The Morgan fingerprint density at radius 3 is 0.819 bits per heavy atom. The molecule has 0 amide bonds. The molecule has 72 heavy (non-hydrogen) atoms. The van der Waals surface area contributed by atoms with Gasteiger partial charge in [-0.2, -0.15) is 0 Å². The fraction of sp³-hybridized carbons (Fsp3) is 0. The molecule has 0 spiro atoms. The Balaban J connectivity index is 1.05. The summed E-state index contributed by atoms with van der Waals surface area (Å²) in [6.45, 7) is 0. The topological polar surface area (TPSA) is 6.48 Å². The Hall–Kier alpha value is -9.50. The number of benzene rings is 13. The molecule has 2 heteroatoms. The van der Waals surface area contributed by atoms with Crippen molar-refractivity contribution in [2.75, 3.05) is 9.80 Å². The zero-order chi connectivity index (χ0) is 47.8. The standard InChI is InChI=1S/C70H48N2/c1-5-17-49(18-6-1)53-29-35-59(36-30-53)71(61-39-33-51-21-13-15-27-57(51)45-61)63-41-43-65-67(47-63)69(55-23-9-3-10-24-55)66-44-42-64(48-68(66)70(65)56-25-11-4-12-26-56)72(62-40-34-52-22-14-16-28-58(52)46-62)60-37-31-54(32-38-60)50-19-7-2-8-20-50/h1-48H. The molecular weight excluding hydrogens is 869 g/mol. The number of hydrogen-bond acceptors (Lipinski definition) is 2. The first-order valence-electron chi connectivity index (χ1n) is 24.7. The molecule has 0 bridgehead atoms. The Kier molecular flexibility index (Phi) is 10.9. The van der Waals surface area contributed by atoms with Crippen LogP contribution in [0.1, 0.15) is 0 Å². The van der Waals surface area contributed by atoms with Gasteiger partial charge >= 0.3 is 0 Å². The predicted molar refractivity (Wildman–Crippen MR) is 308 cm³/mol. The third-order valence-electron chi connectivity index (χ3n) is 14.2. The van der Waals surface area contributed by atoms with Crippen LogP contribution in [0.15, 0.2) is 291 Å². The van der Waals surface area contributed by atoms with Gasteiger partial charge in [-0.25, -0.2) is 0 Å². The number of nitrogens with zero attached hydrogens (tertiary/aromatic N) is 2. The maximum absolute atomic E-state index is 2.42. The van der Waals surface area contributed by atoms with Crippen LogP contribution < -0.4 is 9.80 Å². The molecule has 2 nitrogen and oxygen atoms in total. The van der Waals surface area contributed by atoms with Crippen molar-refractivity contribution < 1.29 is 0 Å². The van der Waals surface area contributed by atoms with Crippen molar-refractivity contribution >= 4 is 77.2 Å². The van der Waals surface area contributed by atoms with Crippen LogP contribution in [-0.4, -0.2) is 0 Å². The van der Waals surface area contributed by atoms with Crippen molar-refractivity contribution in [3.8, 4) is 44.5 Å². The highest BCUT2D eigenvalue weighted by Crippen LogP contribution is 2.49. The summed E-state index contributed by atoms with van der Waals surface area (Å²) in [5.74, 6) is 0. The Morgan fingerprint density at radius 2 is 0.444 bits per heavy atom. The van der Waals surface area contributed by atoms with Crippen LogP contribution in [-0.2, 0) is 0 Å². The van der Waals surface area contributed by atoms with Crippen molar-refractivity contribution in [2.24, 2.45) is 0 Å². The zero-order valence-corrected chi connectivity index (χ0v) is 39.6. The van der Waals surface area contributed by atoms with Gasteiger partial charge in [-0.3, -0.25) is 0 Å². The molecule has 0 unspecified atom stereocenters. The van der Waals surface area contributed by atoms with Gasteiger partial charge in [0.05, 0.1) is 0 Å². The lowest BCUT2D eigenvalue weighted by Crippen LogP contribution is -2.10. The summed E-state index contributed by atoms with van der Waals surface area (Å²) in [5.41, 5.74) is 16.1. The van der Waals surface area contributed by atoms with Gasteiger partial charge in [0, 0.05) is 34.1 Å². The fourth-order valence-corrected chi connectivity index (χ4v) is 10.7. The maximum atomic E-state index is 2.42. The minimum atomic E-state index is 1.08. The monoisotopic (exact) mass is 916 g/mol. The number of hydrogen-bond donors (Lipinski definition) is 0. The second-order valence-electron chi connectivity index (χ2n) is 18.5. The molecule has 13 aromatic rings. The zero-order valence-electron chi connectivity index (χ0n) is 39.6. The van der Waals surface area contributed by atoms with Gasteiger partial charge in [0.25, 0.3) is 0 Å². The lowest BCUT2D eigenvalue weighted by atomic mass is 9.85. The fourth-order valence-electron chi connectivity index (χ4n) is 10.7. The SMILES string of the molecule is c1ccc(-c2ccc(N(c3ccc4ccccc4c3)c3ccc4c(-c5ccccc5)c5cc(N(c6ccc(-c7ccccc7)cc6)c6ccc7ccccc7c6)ccc5c(-c5ccccc5)c4c3)cc2)cc1. The largest absolute Gasteiger partial charge is 0.310 e. The summed E-state index contributed by atoms with van der Waals surface area (Å²) in [6.07, 6.45) is 0. The Morgan fingerprint density at radius 1 is 0.167 bits per heavy atom. The van der Waals surface area contributed by atoms with Gasteiger partial charge in [-0.1, -0.05) is 218 Å². The average Bonchev–Trinajstić information content (AvgIpc) is 3.46. The molecule has 0 aliphatic rings. The van der Waals surface area contributed by atoms with E-state index in [9.17, 15) is 0 Å². The van der Waals surface area contributed by atoms with E-state index in [1.807, 2.05) is 0 Å². The summed E-state index contributed by atoms with van der Waals surface area (Å²) in [4.78, 5) is 4.82. The molecule has 0 N–H and O–H groups in total. The normalized spacial score (nSPS) is 11.3. The minimum absolute atomic E-state index is 1.08. The van der Waals surface area contributed by atoms with Gasteiger partial charge in [0.1, 0.15) is 0 Å². The van der Waals surface area contributed by atoms with E-state index in [2.05, 4.69) is 301 Å². The molecular formula is C70H48N2. The highest BCUT2D eigenvalue weighted by Gasteiger charge is 2.23. The van der Waals surface area contributed by atoms with E-state index < -0.39 is 0 Å². The van der Waals surface area contributed by atoms with Gasteiger partial charge < -0.3 is 9.80 Å². The summed E-state index contributed by atoms with van der Waals surface area (Å²) < 4.78 is 0. The molecule has 0 radical (unpaired) electrons. The minimum Gasteiger partial charge on any atom is -0.310 e. The first-order valence-corrected chi connectivity index (χ1v) is 24.7. The molecule has 0 atom stereocenters. The highest BCUT2D eigenvalue weighted by molar-refractivity contribution is 6.22. The van der Waals surface area contributed by atoms with Gasteiger partial charge in [-0.05, 0) is 160 Å². The molecule has 0 heterocycles. The van der Waals surface area contributed by atoms with Gasteiger partial charge in [0.2, 0.25) is 0 Å². The molecule has 0 saturated carbocycles. The summed E-state index contributed by atoms with van der Waals surface area (Å²) in [6, 6.07) is 106. The van der Waals surface area contributed by atoms with Crippen molar-refractivity contribution in [1.29, 1.82) is 0 Å². The predicted octanol–water partition coefficient (Wildman–Crippen LogP) is 19.9. The van der Waals surface area contributed by atoms with Crippen LogP contribution in [0.4, 0.5) is 34.1 Å². The molecule has 338 valence electrons. The van der Waals surface area contributed by atoms with Gasteiger partial charge in [-0.15, -0.1) is 0 Å². The second-order valence-corrected chi connectivity index (χ2v) is 18.5. The number of anilines is 6. The van der Waals surface area contributed by atoms with Crippen LogP contribution in [0.2, 0.25) is 0 Å². The van der Waals surface area contributed by atoms with Crippen molar-refractivity contribution in [3.05, 3.63) is 291 Å². The van der Waals surface area contributed by atoms with Crippen molar-refractivity contribution in [3.63, 3.8) is 0 Å². The molecule has 0 aliphatic heterocycles. The van der Waals surface area contributed by atoms with E-state index in [0.717, 1.165) is 34.1 Å². The molecule has 0 aliphatic carbocycles. The van der Waals surface area contributed by atoms with Crippen LogP contribution >= 0.6 is 0 Å². The molecule has 13 aromatic carbocycles. The molecule has 0 aromatic heterocycles. The van der Waals surface area contributed by atoms with E-state index in [4.69, 9.17) is 0 Å². The van der Waals surface area contributed by atoms with Crippen molar-refractivity contribution in [1.82, 2.24) is 0 Å². The number of rotatable bonds is 10. The number of fused-ring (bicyclic) bond motifs is 4. The Bertz CT molecular complexity index is 3790.